The molecule has 0 aromatic heterocycles. The Hall–Kier alpha value is -2.29. The summed E-state index contributed by atoms with van der Waals surface area (Å²) in [5.41, 5.74) is 4.46. The average molecular weight is 391 g/mol. The molecule has 0 aliphatic rings. The fourth-order valence-corrected chi connectivity index (χ4v) is 3.27. The van der Waals surface area contributed by atoms with Gasteiger partial charge in [-0.2, -0.15) is 5.10 Å². The molecule has 6 nitrogen and oxygen atoms in total. The lowest BCUT2D eigenvalue weighted by molar-refractivity contribution is 0.521. The SMILES string of the molecule is C[C@@H](/C=N\NC(=S)Nc1cccc(S(=O)(=O)N(C)C)c1)c1ccccc1. The molecule has 0 bridgehead atoms. The second kappa shape index (κ2) is 8.88. The van der Waals surface area contributed by atoms with Crippen LogP contribution in [-0.4, -0.2) is 38.1 Å². The van der Waals surface area contributed by atoms with E-state index in [1.807, 2.05) is 37.3 Å². The molecule has 0 saturated carbocycles. The van der Waals surface area contributed by atoms with Gasteiger partial charge in [0.25, 0.3) is 0 Å². The van der Waals surface area contributed by atoms with E-state index in [-0.39, 0.29) is 15.9 Å². The zero-order chi connectivity index (χ0) is 19.2. The number of anilines is 1. The molecule has 138 valence electrons. The predicted molar refractivity (Wildman–Crippen MR) is 110 cm³/mol. The molecule has 0 aliphatic heterocycles. The van der Waals surface area contributed by atoms with Crippen LogP contribution in [0.15, 0.2) is 64.6 Å². The molecule has 0 radical (unpaired) electrons. The molecular formula is C18H22N4O2S2. The topological polar surface area (TPSA) is 73.8 Å². The molecule has 8 heteroatoms. The highest BCUT2D eigenvalue weighted by Crippen LogP contribution is 2.18. The Morgan fingerprint density at radius 3 is 2.50 bits per heavy atom. The van der Waals surface area contributed by atoms with Crippen molar-refractivity contribution in [2.75, 3.05) is 19.4 Å². The fourth-order valence-electron chi connectivity index (χ4n) is 2.15. The minimum Gasteiger partial charge on any atom is -0.331 e. The van der Waals surface area contributed by atoms with Gasteiger partial charge >= 0.3 is 0 Å². The van der Waals surface area contributed by atoms with E-state index >= 15 is 0 Å². The van der Waals surface area contributed by atoms with E-state index in [2.05, 4.69) is 15.8 Å². The first kappa shape index (κ1) is 20.0. The lowest BCUT2D eigenvalue weighted by Gasteiger charge is -2.13. The summed E-state index contributed by atoms with van der Waals surface area (Å²) in [5, 5.41) is 7.35. The van der Waals surface area contributed by atoms with Gasteiger partial charge < -0.3 is 5.32 Å². The summed E-state index contributed by atoms with van der Waals surface area (Å²) in [6, 6.07) is 16.4. The van der Waals surface area contributed by atoms with Gasteiger partial charge in [-0.1, -0.05) is 43.3 Å². The van der Waals surface area contributed by atoms with E-state index in [0.717, 1.165) is 9.87 Å². The van der Waals surface area contributed by atoms with Crippen molar-refractivity contribution in [3.8, 4) is 0 Å². The van der Waals surface area contributed by atoms with Gasteiger partial charge in [0, 0.05) is 31.9 Å². The van der Waals surface area contributed by atoms with Crippen LogP contribution in [0.2, 0.25) is 0 Å². The van der Waals surface area contributed by atoms with Crippen LogP contribution in [0.25, 0.3) is 0 Å². The highest BCUT2D eigenvalue weighted by Gasteiger charge is 2.17. The number of hydrogen-bond donors (Lipinski definition) is 2. The van der Waals surface area contributed by atoms with E-state index < -0.39 is 10.0 Å². The number of thiocarbonyl (C=S) groups is 1. The van der Waals surface area contributed by atoms with Crippen LogP contribution in [0.4, 0.5) is 5.69 Å². The van der Waals surface area contributed by atoms with Crippen molar-refractivity contribution in [3.05, 3.63) is 60.2 Å². The van der Waals surface area contributed by atoms with Crippen molar-refractivity contribution in [1.29, 1.82) is 0 Å². The second-order valence-electron chi connectivity index (χ2n) is 5.86. The summed E-state index contributed by atoms with van der Waals surface area (Å²) in [5.74, 6) is 0.139. The Kier molecular flexibility index (Phi) is 6.84. The van der Waals surface area contributed by atoms with Crippen LogP contribution in [-0.2, 0) is 10.0 Å². The van der Waals surface area contributed by atoms with E-state index in [1.165, 1.54) is 26.2 Å². The zero-order valence-corrected chi connectivity index (χ0v) is 16.5. The largest absolute Gasteiger partial charge is 0.331 e. The quantitative estimate of drug-likeness (QED) is 0.451. The van der Waals surface area contributed by atoms with Gasteiger partial charge in [0.2, 0.25) is 10.0 Å². The van der Waals surface area contributed by atoms with E-state index in [0.29, 0.717) is 5.69 Å². The number of benzene rings is 2. The highest BCUT2D eigenvalue weighted by molar-refractivity contribution is 7.89. The van der Waals surface area contributed by atoms with Crippen LogP contribution in [0.5, 0.6) is 0 Å². The smallest absolute Gasteiger partial charge is 0.242 e. The van der Waals surface area contributed by atoms with E-state index in [1.54, 1.807) is 18.3 Å². The van der Waals surface area contributed by atoms with Gasteiger partial charge in [0.1, 0.15) is 0 Å². The van der Waals surface area contributed by atoms with E-state index in [9.17, 15) is 8.42 Å². The third kappa shape index (κ3) is 5.35. The number of nitrogens with zero attached hydrogens (tertiary/aromatic N) is 2. The Morgan fingerprint density at radius 2 is 1.85 bits per heavy atom. The third-order valence-corrected chi connectivity index (χ3v) is 5.66. The molecule has 0 unspecified atom stereocenters. The molecule has 0 aliphatic carbocycles. The van der Waals surface area contributed by atoms with Crippen LogP contribution in [0.1, 0.15) is 18.4 Å². The highest BCUT2D eigenvalue weighted by atomic mass is 32.2. The Morgan fingerprint density at radius 1 is 1.15 bits per heavy atom. The number of hydrogen-bond acceptors (Lipinski definition) is 4. The van der Waals surface area contributed by atoms with Gasteiger partial charge in [0.15, 0.2) is 5.11 Å². The van der Waals surface area contributed by atoms with Gasteiger partial charge in [-0.3, -0.25) is 5.43 Å². The second-order valence-corrected chi connectivity index (χ2v) is 8.42. The van der Waals surface area contributed by atoms with Gasteiger partial charge in [-0.05, 0) is 36.0 Å². The lowest BCUT2D eigenvalue weighted by atomic mass is 10.0. The molecule has 0 fully saturated rings. The number of rotatable bonds is 6. The summed E-state index contributed by atoms with van der Waals surface area (Å²) < 4.78 is 25.5. The summed E-state index contributed by atoms with van der Waals surface area (Å²) in [6.45, 7) is 2.03. The number of nitrogens with one attached hydrogen (secondary N) is 2. The molecule has 1 atom stereocenters. The van der Waals surface area contributed by atoms with Crippen LogP contribution in [0, 0.1) is 0 Å². The van der Waals surface area contributed by atoms with Gasteiger partial charge in [-0.25, -0.2) is 12.7 Å². The lowest BCUT2D eigenvalue weighted by Crippen LogP contribution is -2.25. The Labute approximate surface area is 160 Å². The summed E-state index contributed by atoms with van der Waals surface area (Å²) in [7, 11) is -0.513. The molecule has 0 spiro atoms. The molecular weight excluding hydrogens is 368 g/mol. The monoisotopic (exact) mass is 390 g/mol. The maximum atomic E-state index is 12.2. The molecule has 2 N–H and O–H groups in total. The maximum Gasteiger partial charge on any atom is 0.242 e. The van der Waals surface area contributed by atoms with Crippen LogP contribution < -0.4 is 10.7 Å². The normalized spacial score (nSPS) is 12.9. The minimum absolute atomic E-state index is 0.139. The van der Waals surface area contributed by atoms with Crippen molar-refractivity contribution in [3.63, 3.8) is 0 Å². The fraction of sp³-hybridized carbons (Fsp3) is 0.222. The predicted octanol–water partition coefficient (Wildman–Crippen LogP) is 3.01. The molecule has 0 amide bonds. The van der Waals surface area contributed by atoms with Crippen LogP contribution >= 0.6 is 12.2 Å². The molecule has 0 heterocycles. The standard InChI is InChI=1S/C18H22N4O2S2/c1-14(15-8-5-4-6-9-15)13-19-21-18(25)20-16-10-7-11-17(12-16)26(23,24)22(2)3/h4-14H,1-3H3,(H2,20,21,25)/b19-13-/t14-/m0/s1. The molecule has 0 saturated heterocycles. The van der Waals surface area contributed by atoms with Crippen molar-refractivity contribution < 1.29 is 8.42 Å². The summed E-state index contributed by atoms with van der Waals surface area (Å²) in [6.07, 6.45) is 1.76. The molecule has 2 rings (SSSR count). The number of sulfonamides is 1. The first-order valence-electron chi connectivity index (χ1n) is 7.98. The molecule has 2 aromatic carbocycles. The number of hydrazone groups is 1. The Bertz CT molecular complexity index is 881. The molecule has 26 heavy (non-hydrogen) atoms. The molecule has 2 aromatic rings. The van der Waals surface area contributed by atoms with Gasteiger partial charge in [-0.15, -0.1) is 0 Å². The third-order valence-electron chi connectivity index (χ3n) is 3.66. The van der Waals surface area contributed by atoms with E-state index in [4.69, 9.17) is 12.2 Å². The van der Waals surface area contributed by atoms with Crippen molar-refractivity contribution in [2.24, 2.45) is 5.10 Å². The maximum absolute atomic E-state index is 12.2. The summed E-state index contributed by atoms with van der Waals surface area (Å²) in [4.78, 5) is 0.191. The first-order valence-corrected chi connectivity index (χ1v) is 9.83. The first-order chi connectivity index (χ1) is 12.3. The average Bonchev–Trinajstić information content (AvgIpc) is 2.62. The van der Waals surface area contributed by atoms with Crippen molar-refractivity contribution in [1.82, 2.24) is 9.73 Å². The zero-order valence-electron chi connectivity index (χ0n) is 14.9. The van der Waals surface area contributed by atoms with Crippen molar-refractivity contribution in [2.45, 2.75) is 17.7 Å². The minimum atomic E-state index is -3.49. The Balaban J connectivity index is 1.97. The van der Waals surface area contributed by atoms with Gasteiger partial charge in [0.05, 0.1) is 4.90 Å². The van der Waals surface area contributed by atoms with Crippen molar-refractivity contribution >= 4 is 39.3 Å². The summed E-state index contributed by atoms with van der Waals surface area (Å²) >= 11 is 5.20. The van der Waals surface area contributed by atoms with Crippen LogP contribution in [0.3, 0.4) is 0 Å².